The van der Waals surface area contributed by atoms with E-state index < -0.39 is 0 Å². The first-order chi connectivity index (χ1) is 16.9. The van der Waals surface area contributed by atoms with E-state index in [0.717, 1.165) is 64.4 Å². The Morgan fingerprint density at radius 1 is 1.14 bits per heavy atom. The largest absolute Gasteiger partial charge is 0.495 e. The molecule has 1 aliphatic heterocycles. The molecule has 35 heavy (non-hydrogen) atoms. The summed E-state index contributed by atoms with van der Waals surface area (Å²) in [6.07, 6.45) is 5.54. The topological polar surface area (TPSA) is 79.5 Å². The lowest BCUT2D eigenvalue weighted by atomic mass is 10.1. The summed E-state index contributed by atoms with van der Waals surface area (Å²) < 4.78 is 7.29. The Morgan fingerprint density at radius 2 is 1.97 bits per heavy atom. The summed E-state index contributed by atoms with van der Waals surface area (Å²) in [5.41, 5.74) is 7.08. The van der Waals surface area contributed by atoms with Crippen molar-refractivity contribution in [3.63, 3.8) is 0 Å². The van der Waals surface area contributed by atoms with Gasteiger partial charge in [0.2, 0.25) is 0 Å². The average Bonchev–Trinajstić information content (AvgIpc) is 3.19. The molecule has 1 aliphatic rings. The van der Waals surface area contributed by atoms with Gasteiger partial charge in [0.1, 0.15) is 10.8 Å². The summed E-state index contributed by atoms with van der Waals surface area (Å²) in [5.74, 6) is 0.541. The van der Waals surface area contributed by atoms with E-state index in [0.29, 0.717) is 16.8 Å². The molecule has 0 fully saturated rings. The molecule has 0 saturated heterocycles. The van der Waals surface area contributed by atoms with Crippen LogP contribution in [0.5, 0.6) is 5.75 Å². The number of benzene rings is 2. The zero-order valence-electron chi connectivity index (χ0n) is 20.4. The van der Waals surface area contributed by atoms with Gasteiger partial charge in [0, 0.05) is 55.7 Å². The Kier molecular flexibility index (Phi) is 6.35. The number of anilines is 2. The van der Waals surface area contributed by atoms with Crippen LogP contribution in [0.1, 0.15) is 25.0 Å². The lowest BCUT2D eigenvalue weighted by Crippen LogP contribution is -2.34. The number of methoxy groups -OCH3 is 1. The van der Waals surface area contributed by atoms with Crippen molar-refractivity contribution in [1.82, 2.24) is 24.6 Å². The smallest absolute Gasteiger partial charge is 0.139 e. The number of hydrogen-bond donors (Lipinski definition) is 1. The van der Waals surface area contributed by atoms with Crippen LogP contribution in [0, 0.1) is 0 Å². The predicted octanol–water partition coefficient (Wildman–Crippen LogP) is 4.55. The summed E-state index contributed by atoms with van der Waals surface area (Å²) >= 11 is 6.82. The number of aliphatic hydroxyl groups excluding tert-OH is 1. The van der Waals surface area contributed by atoms with E-state index >= 15 is 0 Å². The Hall–Kier alpha value is -3.20. The van der Waals surface area contributed by atoms with Crippen LogP contribution in [0.2, 0.25) is 5.02 Å². The molecule has 0 spiro atoms. The van der Waals surface area contributed by atoms with Crippen molar-refractivity contribution in [2.24, 2.45) is 7.05 Å². The van der Waals surface area contributed by atoms with Crippen molar-refractivity contribution in [3.8, 4) is 17.0 Å². The molecule has 2 aromatic heterocycles. The second-order valence-corrected chi connectivity index (χ2v) is 9.47. The van der Waals surface area contributed by atoms with Crippen molar-refractivity contribution in [2.75, 3.05) is 25.1 Å². The van der Waals surface area contributed by atoms with Gasteiger partial charge in [-0.05, 0) is 43.7 Å². The van der Waals surface area contributed by atoms with E-state index in [9.17, 15) is 5.11 Å². The van der Waals surface area contributed by atoms with Crippen LogP contribution in [0.15, 0.2) is 42.9 Å². The maximum atomic E-state index is 9.87. The fourth-order valence-corrected chi connectivity index (χ4v) is 4.91. The molecule has 5 rings (SSSR count). The Balaban J connectivity index is 1.73. The lowest BCUT2D eigenvalue weighted by molar-refractivity contribution is 0.224. The number of rotatable bonds is 5. The second kappa shape index (κ2) is 9.45. The van der Waals surface area contributed by atoms with Crippen LogP contribution < -0.4 is 9.64 Å². The minimum absolute atomic E-state index is 0.100. The first-order valence-corrected chi connectivity index (χ1v) is 12.0. The van der Waals surface area contributed by atoms with Crippen molar-refractivity contribution >= 4 is 34.0 Å². The highest BCUT2D eigenvalue weighted by molar-refractivity contribution is 6.35. The third-order valence-electron chi connectivity index (χ3n) is 6.56. The number of hydrogen-bond acceptors (Lipinski definition) is 7. The number of aromatic nitrogens is 4. The van der Waals surface area contributed by atoms with Crippen LogP contribution >= 0.6 is 11.6 Å². The third-order valence-corrected chi connectivity index (χ3v) is 6.94. The van der Waals surface area contributed by atoms with Gasteiger partial charge in [0.05, 0.1) is 48.5 Å². The second-order valence-electron chi connectivity index (χ2n) is 9.09. The number of aryl methyl sites for hydroxylation is 1. The van der Waals surface area contributed by atoms with Gasteiger partial charge in [-0.15, -0.1) is 0 Å². The SMILES string of the molecule is COc1cc(CO)cc(N2CCN(C(C)C)Cc3c2ccc2ncc(-c4cnn(C)c4)nc32)c1Cl. The summed E-state index contributed by atoms with van der Waals surface area (Å²) in [4.78, 5) is 14.4. The molecule has 1 N–H and O–H groups in total. The van der Waals surface area contributed by atoms with Crippen molar-refractivity contribution in [3.05, 3.63) is 59.0 Å². The summed E-state index contributed by atoms with van der Waals surface area (Å²) in [6.45, 7) is 6.61. The van der Waals surface area contributed by atoms with Gasteiger partial charge in [-0.25, -0.2) is 4.98 Å². The fourth-order valence-electron chi connectivity index (χ4n) is 4.62. The minimum atomic E-state index is -0.100. The molecule has 0 atom stereocenters. The normalized spacial score (nSPS) is 14.4. The highest BCUT2D eigenvalue weighted by Gasteiger charge is 2.27. The van der Waals surface area contributed by atoms with E-state index in [1.54, 1.807) is 30.3 Å². The van der Waals surface area contributed by atoms with Crippen molar-refractivity contribution < 1.29 is 9.84 Å². The summed E-state index contributed by atoms with van der Waals surface area (Å²) in [7, 11) is 3.48. The average molecular weight is 493 g/mol. The number of nitrogens with zero attached hydrogens (tertiary/aromatic N) is 6. The fraction of sp³-hybridized carbons (Fsp3) is 0.346. The Labute approximate surface area is 209 Å². The number of halogens is 1. The van der Waals surface area contributed by atoms with Gasteiger partial charge < -0.3 is 14.7 Å². The molecular weight excluding hydrogens is 464 g/mol. The molecule has 4 aromatic rings. The van der Waals surface area contributed by atoms with E-state index in [1.807, 2.05) is 25.4 Å². The molecule has 2 aromatic carbocycles. The monoisotopic (exact) mass is 492 g/mol. The molecule has 0 aliphatic carbocycles. The number of aliphatic hydroxyl groups is 1. The van der Waals surface area contributed by atoms with Gasteiger partial charge in [0.25, 0.3) is 0 Å². The lowest BCUT2D eigenvalue weighted by Gasteiger charge is -2.28. The summed E-state index contributed by atoms with van der Waals surface area (Å²) in [5, 5.41) is 14.7. The van der Waals surface area contributed by atoms with E-state index in [4.69, 9.17) is 26.3 Å². The first kappa shape index (κ1) is 23.5. The number of ether oxygens (including phenoxy) is 1. The Morgan fingerprint density at radius 3 is 2.66 bits per heavy atom. The van der Waals surface area contributed by atoms with Gasteiger partial charge in [0.15, 0.2) is 0 Å². The van der Waals surface area contributed by atoms with Crippen LogP contribution in [0.3, 0.4) is 0 Å². The highest BCUT2D eigenvalue weighted by Crippen LogP contribution is 2.42. The molecule has 0 bridgehead atoms. The van der Waals surface area contributed by atoms with Gasteiger partial charge in [-0.2, -0.15) is 5.10 Å². The van der Waals surface area contributed by atoms with Gasteiger partial charge in [-0.1, -0.05) is 11.6 Å². The third kappa shape index (κ3) is 4.33. The molecule has 8 nitrogen and oxygen atoms in total. The summed E-state index contributed by atoms with van der Waals surface area (Å²) in [6, 6.07) is 8.15. The first-order valence-electron chi connectivity index (χ1n) is 11.7. The standard InChI is InChI=1S/C26H29ClN6O2/c1-16(2)32-7-8-33(23-9-17(15-34)10-24(35-4)25(23)27)22-6-5-20-26(19(22)14-32)30-21(12-28-20)18-11-29-31(3)13-18/h5-6,9-13,16,34H,7-8,14-15H2,1-4H3. The molecule has 0 saturated carbocycles. The maximum absolute atomic E-state index is 9.87. The van der Waals surface area contributed by atoms with Crippen molar-refractivity contribution in [2.45, 2.75) is 33.0 Å². The molecule has 0 unspecified atom stereocenters. The van der Waals surface area contributed by atoms with Crippen LogP contribution in [-0.4, -0.2) is 56.0 Å². The quantitative estimate of drug-likeness (QED) is 0.438. The van der Waals surface area contributed by atoms with Crippen LogP contribution in [0.4, 0.5) is 11.4 Å². The van der Waals surface area contributed by atoms with Gasteiger partial charge in [-0.3, -0.25) is 14.6 Å². The van der Waals surface area contributed by atoms with Crippen LogP contribution in [0.25, 0.3) is 22.3 Å². The molecule has 0 amide bonds. The predicted molar refractivity (Wildman–Crippen MR) is 138 cm³/mol. The highest BCUT2D eigenvalue weighted by atomic mass is 35.5. The minimum Gasteiger partial charge on any atom is -0.495 e. The number of fused-ring (bicyclic) bond motifs is 3. The van der Waals surface area contributed by atoms with E-state index in [2.05, 4.69) is 34.8 Å². The molecular formula is C26H29ClN6O2. The molecule has 0 radical (unpaired) electrons. The Bertz CT molecular complexity index is 1390. The molecule has 182 valence electrons. The van der Waals surface area contributed by atoms with Gasteiger partial charge >= 0.3 is 0 Å². The van der Waals surface area contributed by atoms with Crippen molar-refractivity contribution in [1.29, 1.82) is 0 Å². The maximum Gasteiger partial charge on any atom is 0.139 e. The van der Waals surface area contributed by atoms with E-state index in [-0.39, 0.29) is 6.61 Å². The zero-order valence-corrected chi connectivity index (χ0v) is 21.1. The van der Waals surface area contributed by atoms with Crippen LogP contribution in [-0.2, 0) is 20.2 Å². The molecule has 3 heterocycles. The van der Waals surface area contributed by atoms with E-state index in [1.165, 1.54) is 0 Å². The molecule has 9 heteroatoms. The zero-order chi connectivity index (χ0) is 24.7.